The third kappa shape index (κ3) is 3.40. The monoisotopic (exact) mass is 381 g/mol. The maximum atomic E-state index is 12.9. The standard InChI is InChI=1S/C21H23N3O4/c1-14-11-22-13-24(20(14)25)12-15-6-8-23(9-7-15)21(26)18-10-16-4-3-5-17(27-2)19(16)28-18/h3-5,10-11,13,15H,6-9,12H2,1-2H3. The smallest absolute Gasteiger partial charge is 0.289 e. The zero-order valence-corrected chi connectivity index (χ0v) is 16.1. The summed E-state index contributed by atoms with van der Waals surface area (Å²) in [6, 6.07) is 7.36. The molecule has 4 rings (SSSR count). The molecule has 1 aromatic carbocycles. The first-order chi connectivity index (χ1) is 13.6. The molecule has 3 aromatic rings. The van der Waals surface area contributed by atoms with Gasteiger partial charge in [0.05, 0.1) is 13.4 Å². The number of nitrogens with zero attached hydrogens (tertiary/aromatic N) is 3. The fourth-order valence-corrected chi connectivity index (χ4v) is 3.74. The summed E-state index contributed by atoms with van der Waals surface area (Å²) in [7, 11) is 1.58. The van der Waals surface area contributed by atoms with Gasteiger partial charge in [0.1, 0.15) is 0 Å². The fourth-order valence-electron chi connectivity index (χ4n) is 3.74. The van der Waals surface area contributed by atoms with Crippen molar-refractivity contribution in [3.63, 3.8) is 0 Å². The molecule has 7 heteroatoms. The van der Waals surface area contributed by atoms with Crippen LogP contribution in [-0.2, 0) is 6.54 Å². The first kappa shape index (κ1) is 18.3. The summed E-state index contributed by atoms with van der Waals surface area (Å²) < 4.78 is 12.8. The van der Waals surface area contributed by atoms with E-state index < -0.39 is 0 Å². The number of hydrogen-bond acceptors (Lipinski definition) is 5. The second-order valence-corrected chi connectivity index (χ2v) is 7.26. The average molecular weight is 381 g/mol. The lowest BCUT2D eigenvalue weighted by molar-refractivity contribution is 0.0652. The van der Waals surface area contributed by atoms with E-state index in [1.807, 2.05) is 23.1 Å². The van der Waals surface area contributed by atoms with Crippen LogP contribution in [0, 0.1) is 12.8 Å². The number of aryl methyl sites for hydroxylation is 1. The number of fused-ring (bicyclic) bond motifs is 1. The summed E-state index contributed by atoms with van der Waals surface area (Å²) in [6.07, 6.45) is 4.86. The van der Waals surface area contributed by atoms with Crippen molar-refractivity contribution >= 4 is 16.9 Å². The quantitative estimate of drug-likeness (QED) is 0.694. The van der Waals surface area contributed by atoms with E-state index in [1.165, 1.54) is 0 Å². The zero-order chi connectivity index (χ0) is 19.7. The lowest BCUT2D eigenvalue weighted by atomic mass is 9.96. The number of carbonyl (C=O) groups is 1. The van der Waals surface area contributed by atoms with Gasteiger partial charge in [-0.3, -0.25) is 14.2 Å². The van der Waals surface area contributed by atoms with Gasteiger partial charge in [0, 0.05) is 36.8 Å². The van der Waals surface area contributed by atoms with Crippen LogP contribution in [0.4, 0.5) is 0 Å². The van der Waals surface area contributed by atoms with Crippen molar-refractivity contribution in [2.75, 3.05) is 20.2 Å². The van der Waals surface area contributed by atoms with Crippen LogP contribution in [0.15, 0.2) is 46.0 Å². The van der Waals surface area contributed by atoms with E-state index in [2.05, 4.69) is 4.98 Å². The van der Waals surface area contributed by atoms with Gasteiger partial charge in [-0.1, -0.05) is 12.1 Å². The highest BCUT2D eigenvalue weighted by molar-refractivity contribution is 5.97. The highest BCUT2D eigenvalue weighted by Crippen LogP contribution is 2.29. The van der Waals surface area contributed by atoms with E-state index in [9.17, 15) is 9.59 Å². The molecule has 28 heavy (non-hydrogen) atoms. The fraction of sp³-hybridized carbons (Fsp3) is 0.381. The number of likely N-dealkylation sites (tertiary alicyclic amines) is 1. The highest BCUT2D eigenvalue weighted by atomic mass is 16.5. The predicted molar refractivity (Wildman–Crippen MR) is 105 cm³/mol. The third-order valence-corrected chi connectivity index (χ3v) is 5.37. The number of para-hydroxylation sites is 1. The molecule has 146 valence electrons. The Morgan fingerprint density at radius 1 is 1.32 bits per heavy atom. The first-order valence-electron chi connectivity index (χ1n) is 9.43. The van der Waals surface area contributed by atoms with Crippen LogP contribution in [-0.4, -0.2) is 40.6 Å². The van der Waals surface area contributed by atoms with E-state index in [0.717, 1.165) is 18.2 Å². The molecule has 3 heterocycles. The number of carbonyl (C=O) groups excluding carboxylic acids is 1. The molecule has 1 aliphatic rings. The normalized spacial score (nSPS) is 15.1. The summed E-state index contributed by atoms with van der Waals surface area (Å²) in [5.74, 6) is 1.19. The molecule has 0 atom stereocenters. The van der Waals surface area contributed by atoms with Crippen molar-refractivity contribution in [1.29, 1.82) is 0 Å². The van der Waals surface area contributed by atoms with Crippen LogP contribution in [0.5, 0.6) is 5.75 Å². The van der Waals surface area contributed by atoms with Gasteiger partial charge < -0.3 is 14.1 Å². The van der Waals surface area contributed by atoms with Crippen molar-refractivity contribution in [2.45, 2.75) is 26.3 Å². The number of hydrogen-bond donors (Lipinski definition) is 0. The number of ether oxygens (including phenoxy) is 1. The molecule has 1 saturated heterocycles. The first-order valence-corrected chi connectivity index (χ1v) is 9.43. The molecule has 7 nitrogen and oxygen atoms in total. The largest absolute Gasteiger partial charge is 0.493 e. The average Bonchev–Trinajstić information content (AvgIpc) is 3.16. The van der Waals surface area contributed by atoms with Crippen LogP contribution in [0.1, 0.15) is 29.0 Å². The van der Waals surface area contributed by atoms with Crippen LogP contribution < -0.4 is 10.3 Å². The molecule has 0 N–H and O–H groups in total. The number of rotatable bonds is 4. The molecule has 0 aliphatic carbocycles. The van der Waals surface area contributed by atoms with E-state index in [1.54, 1.807) is 37.2 Å². The molecule has 0 radical (unpaired) electrons. The molecular formula is C21H23N3O4. The van der Waals surface area contributed by atoms with Gasteiger partial charge in [-0.15, -0.1) is 0 Å². The van der Waals surface area contributed by atoms with E-state index in [4.69, 9.17) is 9.15 Å². The maximum Gasteiger partial charge on any atom is 0.289 e. The van der Waals surface area contributed by atoms with Gasteiger partial charge in [-0.25, -0.2) is 4.98 Å². The minimum absolute atomic E-state index is 0.00438. The van der Waals surface area contributed by atoms with E-state index >= 15 is 0 Å². The SMILES string of the molecule is COc1cccc2cc(C(=O)N3CCC(Cn4cncc(C)c4=O)CC3)oc12. The highest BCUT2D eigenvalue weighted by Gasteiger charge is 2.26. The van der Waals surface area contributed by atoms with E-state index in [0.29, 0.717) is 48.2 Å². The molecule has 1 fully saturated rings. The van der Waals surface area contributed by atoms with Gasteiger partial charge in [0.2, 0.25) is 0 Å². The summed E-state index contributed by atoms with van der Waals surface area (Å²) in [6.45, 7) is 3.70. The number of methoxy groups -OCH3 is 1. The van der Waals surface area contributed by atoms with Crippen LogP contribution in [0.2, 0.25) is 0 Å². The summed E-state index contributed by atoms with van der Waals surface area (Å²) in [5, 5.41) is 0.851. The van der Waals surface area contributed by atoms with Crippen molar-refractivity contribution < 1.29 is 13.9 Å². The van der Waals surface area contributed by atoms with Crippen molar-refractivity contribution in [3.8, 4) is 5.75 Å². The Hall–Kier alpha value is -3.09. The Morgan fingerprint density at radius 3 is 2.86 bits per heavy atom. The second kappa shape index (κ2) is 7.50. The van der Waals surface area contributed by atoms with Crippen LogP contribution in [0.3, 0.4) is 0 Å². The topological polar surface area (TPSA) is 77.6 Å². The summed E-state index contributed by atoms with van der Waals surface area (Å²) in [5.41, 5.74) is 1.25. The van der Waals surface area contributed by atoms with E-state index in [-0.39, 0.29) is 11.5 Å². The molecule has 0 unspecified atom stereocenters. The zero-order valence-electron chi connectivity index (χ0n) is 16.1. The number of aromatic nitrogens is 2. The van der Waals surface area contributed by atoms with Gasteiger partial charge in [0.15, 0.2) is 17.1 Å². The molecule has 0 bridgehead atoms. The summed E-state index contributed by atoms with van der Waals surface area (Å²) in [4.78, 5) is 31.0. The third-order valence-electron chi connectivity index (χ3n) is 5.37. The minimum Gasteiger partial charge on any atom is -0.493 e. The lowest BCUT2D eigenvalue weighted by Crippen LogP contribution is -2.40. The van der Waals surface area contributed by atoms with Gasteiger partial charge in [-0.05, 0) is 37.8 Å². The van der Waals surface area contributed by atoms with Crippen molar-refractivity contribution in [2.24, 2.45) is 5.92 Å². The minimum atomic E-state index is -0.105. The molecule has 1 amide bonds. The van der Waals surface area contributed by atoms with Crippen LogP contribution in [0.25, 0.3) is 11.0 Å². The Labute approximate surface area is 162 Å². The molecular weight excluding hydrogens is 358 g/mol. The number of benzene rings is 1. The van der Waals surface area contributed by atoms with Gasteiger partial charge in [-0.2, -0.15) is 0 Å². The Balaban J connectivity index is 1.43. The Morgan fingerprint density at radius 2 is 2.11 bits per heavy atom. The van der Waals surface area contributed by atoms with Gasteiger partial charge >= 0.3 is 0 Å². The molecule has 0 saturated carbocycles. The number of amides is 1. The second-order valence-electron chi connectivity index (χ2n) is 7.26. The Bertz CT molecular complexity index is 1060. The molecule has 1 aliphatic heterocycles. The number of furan rings is 1. The maximum absolute atomic E-state index is 12.9. The summed E-state index contributed by atoms with van der Waals surface area (Å²) >= 11 is 0. The predicted octanol–water partition coefficient (Wildman–Crippen LogP) is 2.86. The lowest BCUT2D eigenvalue weighted by Gasteiger charge is -2.31. The van der Waals surface area contributed by atoms with Crippen LogP contribution >= 0.6 is 0 Å². The molecule has 2 aromatic heterocycles. The molecule has 0 spiro atoms. The Kier molecular flexibility index (Phi) is 4.90. The van der Waals surface area contributed by atoms with Gasteiger partial charge in [0.25, 0.3) is 11.5 Å². The van der Waals surface area contributed by atoms with Crippen molar-refractivity contribution in [1.82, 2.24) is 14.5 Å². The van der Waals surface area contributed by atoms with Crippen molar-refractivity contribution in [3.05, 3.63) is 58.5 Å². The number of piperidine rings is 1.